The molecule has 35 heavy (non-hydrogen) atoms. The van der Waals surface area contributed by atoms with Crippen LogP contribution in [-0.2, 0) is 9.53 Å². The minimum atomic E-state index is -0.585. The predicted octanol–water partition coefficient (Wildman–Crippen LogP) is 3.02. The van der Waals surface area contributed by atoms with Crippen LogP contribution in [0.2, 0.25) is 0 Å². The van der Waals surface area contributed by atoms with Gasteiger partial charge in [-0.15, -0.1) is 0 Å². The summed E-state index contributed by atoms with van der Waals surface area (Å²) in [5.41, 5.74) is 2.72. The molecule has 1 aromatic carbocycles. The summed E-state index contributed by atoms with van der Waals surface area (Å²) in [4.78, 5) is 44.5. The SMILES string of the molecule is CCOC(=O)C1=C(CN2CCN(C(=O)NC(C)(C)C)CC2)N(CC)C(=O)N[C@@H]1c1cccc(C)c1. The van der Waals surface area contributed by atoms with E-state index in [2.05, 4.69) is 15.5 Å². The van der Waals surface area contributed by atoms with Crippen LogP contribution in [0.5, 0.6) is 0 Å². The number of carbonyl (C=O) groups is 3. The van der Waals surface area contributed by atoms with E-state index in [1.165, 1.54) is 0 Å². The molecule has 9 nitrogen and oxygen atoms in total. The predicted molar refractivity (Wildman–Crippen MR) is 135 cm³/mol. The van der Waals surface area contributed by atoms with Crippen molar-refractivity contribution < 1.29 is 19.1 Å². The van der Waals surface area contributed by atoms with E-state index in [-0.39, 0.29) is 24.2 Å². The van der Waals surface area contributed by atoms with Gasteiger partial charge in [0, 0.05) is 50.5 Å². The molecule has 4 amide bonds. The molecule has 0 bridgehead atoms. The first-order valence-electron chi connectivity index (χ1n) is 12.4. The van der Waals surface area contributed by atoms with Crippen LogP contribution in [-0.4, -0.2) is 84.1 Å². The first-order valence-corrected chi connectivity index (χ1v) is 12.4. The van der Waals surface area contributed by atoms with Crippen LogP contribution in [0.1, 0.15) is 51.8 Å². The summed E-state index contributed by atoms with van der Waals surface area (Å²) >= 11 is 0. The van der Waals surface area contributed by atoms with Crippen LogP contribution < -0.4 is 10.6 Å². The van der Waals surface area contributed by atoms with Gasteiger partial charge in [0.2, 0.25) is 0 Å². The van der Waals surface area contributed by atoms with Crippen molar-refractivity contribution in [2.75, 3.05) is 45.9 Å². The van der Waals surface area contributed by atoms with E-state index >= 15 is 0 Å². The van der Waals surface area contributed by atoms with E-state index in [0.717, 1.165) is 11.1 Å². The molecule has 9 heteroatoms. The Morgan fingerprint density at radius 2 is 1.83 bits per heavy atom. The van der Waals surface area contributed by atoms with Gasteiger partial charge in [0.15, 0.2) is 0 Å². The van der Waals surface area contributed by atoms with Crippen LogP contribution in [0, 0.1) is 6.92 Å². The fourth-order valence-electron chi connectivity index (χ4n) is 4.48. The summed E-state index contributed by atoms with van der Waals surface area (Å²) in [6.07, 6.45) is 0. The zero-order chi connectivity index (χ0) is 25.8. The molecular weight excluding hydrogens is 446 g/mol. The summed E-state index contributed by atoms with van der Waals surface area (Å²) in [5, 5.41) is 6.02. The Labute approximate surface area is 208 Å². The molecule has 2 aliphatic heterocycles. The minimum absolute atomic E-state index is 0.0738. The number of aryl methyl sites for hydroxylation is 1. The quantitative estimate of drug-likeness (QED) is 0.604. The first-order chi connectivity index (χ1) is 16.5. The highest BCUT2D eigenvalue weighted by atomic mass is 16.5. The molecule has 1 atom stereocenters. The first kappa shape index (κ1) is 26.5. The Hall–Kier alpha value is -3.07. The van der Waals surface area contributed by atoms with Gasteiger partial charge in [-0.3, -0.25) is 9.80 Å². The Bertz CT molecular complexity index is 976. The summed E-state index contributed by atoms with van der Waals surface area (Å²) in [7, 11) is 0. The summed E-state index contributed by atoms with van der Waals surface area (Å²) in [5.74, 6) is -0.421. The van der Waals surface area contributed by atoms with Gasteiger partial charge < -0.3 is 20.3 Å². The molecule has 0 spiro atoms. The second kappa shape index (κ2) is 11.1. The number of benzene rings is 1. The van der Waals surface area contributed by atoms with Gasteiger partial charge in [0.25, 0.3) is 0 Å². The highest BCUT2D eigenvalue weighted by molar-refractivity contribution is 5.95. The van der Waals surface area contributed by atoms with Gasteiger partial charge in [-0.05, 0) is 47.1 Å². The summed E-state index contributed by atoms with van der Waals surface area (Å²) in [6, 6.07) is 6.92. The molecule has 1 aromatic rings. The largest absolute Gasteiger partial charge is 0.463 e. The molecule has 2 aliphatic rings. The van der Waals surface area contributed by atoms with Gasteiger partial charge in [-0.1, -0.05) is 29.8 Å². The number of rotatable bonds is 6. The fourth-order valence-corrected chi connectivity index (χ4v) is 4.48. The van der Waals surface area contributed by atoms with Crippen molar-refractivity contribution in [3.63, 3.8) is 0 Å². The van der Waals surface area contributed by atoms with Crippen LogP contribution in [0.3, 0.4) is 0 Å². The van der Waals surface area contributed by atoms with Gasteiger partial charge >= 0.3 is 18.0 Å². The normalized spacial score (nSPS) is 19.5. The zero-order valence-electron chi connectivity index (χ0n) is 21.8. The Morgan fingerprint density at radius 1 is 1.14 bits per heavy atom. The third kappa shape index (κ3) is 6.54. The molecule has 2 N–H and O–H groups in total. The maximum absolute atomic E-state index is 13.2. The number of urea groups is 2. The van der Waals surface area contributed by atoms with Crippen LogP contribution in [0.4, 0.5) is 9.59 Å². The van der Waals surface area contributed by atoms with Crippen molar-refractivity contribution in [2.45, 2.75) is 53.1 Å². The van der Waals surface area contributed by atoms with Crippen molar-refractivity contribution in [1.82, 2.24) is 25.3 Å². The lowest BCUT2D eigenvalue weighted by Gasteiger charge is -2.40. The molecule has 3 rings (SSSR count). The summed E-state index contributed by atoms with van der Waals surface area (Å²) in [6.45, 7) is 15.1. The van der Waals surface area contributed by atoms with Crippen molar-refractivity contribution in [3.8, 4) is 0 Å². The Balaban J connectivity index is 1.89. The highest BCUT2D eigenvalue weighted by Crippen LogP contribution is 2.32. The average molecular weight is 486 g/mol. The van der Waals surface area contributed by atoms with Crippen molar-refractivity contribution >= 4 is 18.0 Å². The van der Waals surface area contributed by atoms with Gasteiger partial charge in [0.05, 0.1) is 18.2 Å². The number of nitrogens with zero attached hydrogens (tertiary/aromatic N) is 3. The lowest BCUT2D eigenvalue weighted by molar-refractivity contribution is -0.139. The molecular formula is C26H39N5O4. The smallest absolute Gasteiger partial charge is 0.338 e. The topological polar surface area (TPSA) is 94.2 Å². The lowest BCUT2D eigenvalue weighted by Crippen LogP contribution is -2.56. The Morgan fingerprint density at radius 3 is 2.40 bits per heavy atom. The van der Waals surface area contributed by atoms with E-state index in [1.807, 2.05) is 63.8 Å². The fraction of sp³-hybridized carbons (Fsp3) is 0.577. The number of likely N-dealkylation sites (N-methyl/N-ethyl adjacent to an activating group) is 1. The van der Waals surface area contributed by atoms with Crippen LogP contribution >= 0.6 is 0 Å². The minimum Gasteiger partial charge on any atom is -0.463 e. The van der Waals surface area contributed by atoms with Crippen LogP contribution in [0.15, 0.2) is 35.5 Å². The maximum atomic E-state index is 13.2. The lowest BCUT2D eigenvalue weighted by atomic mass is 9.93. The van der Waals surface area contributed by atoms with Crippen molar-refractivity contribution in [1.29, 1.82) is 0 Å². The molecule has 0 aromatic heterocycles. The van der Waals surface area contributed by atoms with Gasteiger partial charge in [-0.25, -0.2) is 14.4 Å². The number of hydrogen-bond donors (Lipinski definition) is 2. The number of piperazine rings is 1. The Kier molecular flexibility index (Phi) is 8.43. The average Bonchev–Trinajstić information content (AvgIpc) is 2.78. The number of hydrogen-bond acceptors (Lipinski definition) is 5. The molecule has 1 fully saturated rings. The molecule has 2 heterocycles. The van der Waals surface area contributed by atoms with Gasteiger partial charge in [-0.2, -0.15) is 0 Å². The molecule has 0 unspecified atom stereocenters. The monoisotopic (exact) mass is 485 g/mol. The molecule has 0 aliphatic carbocycles. The second-order valence-corrected chi connectivity index (χ2v) is 10.1. The third-order valence-corrected chi connectivity index (χ3v) is 6.14. The van der Waals surface area contributed by atoms with E-state index < -0.39 is 12.0 Å². The molecule has 192 valence electrons. The molecule has 1 saturated heterocycles. The van der Waals surface area contributed by atoms with E-state index in [1.54, 1.807) is 11.8 Å². The third-order valence-electron chi connectivity index (χ3n) is 6.14. The highest BCUT2D eigenvalue weighted by Gasteiger charge is 2.38. The van der Waals surface area contributed by atoms with Crippen molar-refractivity contribution in [3.05, 3.63) is 46.7 Å². The molecule has 0 radical (unpaired) electrons. The number of ether oxygens (including phenoxy) is 1. The zero-order valence-corrected chi connectivity index (χ0v) is 21.8. The number of amides is 4. The van der Waals surface area contributed by atoms with E-state index in [0.29, 0.717) is 50.5 Å². The number of esters is 1. The maximum Gasteiger partial charge on any atom is 0.338 e. The molecule has 0 saturated carbocycles. The number of carbonyl (C=O) groups excluding carboxylic acids is 3. The standard InChI is InChI=1S/C26H39N5O4/c1-7-31-20(17-29-12-14-30(15-13-29)25(34)28-26(4,5)6)21(23(32)35-8-2)22(27-24(31)33)19-11-9-10-18(3)16-19/h9-11,16,22H,7-8,12-15,17H2,1-6H3,(H,27,33)(H,28,34)/t22-/m1/s1. The number of nitrogens with one attached hydrogen (secondary N) is 2. The van der Waals surface area contributed by atoms with Crippen molar-refractivity contribution in [2.24, 2.45) is 0 Å². The van der Waals surface area contributed by atoms with E-state index in [4.69, 9.17) is 4.74 Å². The van der Waals surface area contributed by atoms with Gasteiger partial charge in [0.1, 0.15) is 0 Å². The van der Waals surface area contributed by atoms with Crippen LogP contribution in [0.25, 0.3) is 0 Å². The second-order valence-electron chi connectivity index (χ2n) is 10.1. The van der Waals surface area contributed by atoms with E-state index in [9.17, 15) is 14.4 Å². The summed E-state index contributed by atoms with van der Waals surface area (Å²) < 4.78 is 5.45.